The van der Waals surface area contributed by atoms with Crippen molar-refractivity contribution in [2.24, 2.45) is 0 Å². The molecule has 0 heterocycles. The fourth-order valence-corrected chi connectivity index (χ4v) is 5.12. The molecular formula is C26H28ClNO6S. The standard InChI is InChI=1S/C26H28ClNO6S/c1-5-6-7-18-8-12-21(13-9-18)28(35(30,31)22-14-10-20(27)11-15-22)26(29)19-16-23(32-2)25(34-4)24(17-19)33-3/h8-17H,5-7H2,1-4H3. The number of hydrogen-bond donors (Lipinski definition) is 0. The molecule has 9 heteroatoms. The van der Waals surface area contributed by atoms with Gasteiger partial charge in [0.2, 0.25) is 5.75 Å². The maximum Gasteiger partial charge on any atom is 0.272 e. The number of rotatable bonds is 10. The van der Waals surface area contributed by atoms with E-state index in [9.17, 15) is 13.2 Å². The van der Waals surface area contributed by atoms with Gasteiger partial charge >= 0.3 is 0 Å². The highest BCUT2D eigenvalue weighted by atomic mass is 35.5. The Morgan fingerprint density at radius 2 is 1.46 bits per heavy atom. The molecule has 0 aliphatic heterocycles. The predicted octanol–water partition coefficient (Wildman–Crippen LogP) is 5.74. The molecule has 0 saturated carbocycles. The van der Waals surface area contributed by atoms with E-state index in [2.05, 4.69) is 6.92 Å². The van der Waals surface area contributed by atoms with Crippen LogP contribution in [0.2, 0.25) is 5.02 Å². The number of amides is 1. The third kappa shape index (κ3) is 5.71. The highest BCUT2D eigenvalue weighted by Crippen LogP contribution is 2.39. The van der Waals surface area contributed by atoms with Crippen LogP contribution in [-0.2, 0) is 16.4 Å². The number of unbranched alkanes of at least 4 members (excludes halogenated alkanes) is 1. The Balaban J connectivity index is 2.16. The highest BCUT2D eigenvalue weighted by molar-refractivity contribution is 7.93. The number of methoxy groups -OCH3 is 3. The zero-order chi connectivity index (χ0) is 25.6. The molecule has 7 nitrogen and oxygen atoms in total. The Morgan fingerprint density at radius 3 is 1.94 bits per heavy atom. The number of aryl methyl sites for hydroxylation is 1. The molecule has 0 aliphatic carbocycles. The smallest absolute Gasteiger partial charge is 0.272 e. The molecule has 0 aromatic heterocycles. The fourth-order valence-electron chi connectivity index (χ4n) is 3.58. The van der Waals surface area contributed by atoms with Gasteiger partial charge in [0.15, 0.2) is 11.5 Å². The molecule has 3 rings (SSSR count). The Labute approximate surface area is 211 Å². The number of benzene rings is 3. The van der Waals surface area contributed by atoms with Crippen molar-refractivity contribution in [2.75, 3.05) is 25.6 Å². The first-order valence-corrected chi connectivity index (χ1v) is 12.8. The highest BCUT2D eigenvalue weighted by Gasteiger charge is 2.33. The van der Waals surface area contributed by atoms with Gasteiger partial charge < -0.3 is 14.2 Å². The molecule has 1 amide bonds. The lowest BCUT2D eigenvalue weighted by atomic mass is 10.1. The van der Waals surface area contributed by atoms with Gasteiger partial charge in [0.25, 0.3) is 15.9 Å². The monoisotopic (exact) mass is 517 g/mol. The van der Waals surface area contributed by atoms with Crippen LogP contribution in [-0.4, -0.2) is 35.7 Å². The SMILES string of the molecule is CCCCc1ccc(N(C(=O)c2cc(OC)c(OC)c(OC)c2)S(=O)(=O)c2ccc(Cl)cc2)cc1. The third-order valence-corrected chi connectivity index (χ3v) is 7.42. The van der Waals surface area contributed by atoms with E-state index in [1.807, 2.05) is 12.1 Å². The van der Waals surface area contributed by atoms with E-state index in [4.69, 9.17) is 25.8 Å². The van der Waals surface area contributed by atoms with Gasteiger partial charge in [0.05, 0.1) is 31.9 Å². The summed E-state index contributed by atoms with van der Waals surface area (Å²) in [6.07, 6.45) is 2.91. The van der Waals surface area contributed by atoms with Crippen molar-refractivity contribution in [3.8, 4) is 17.2 Å². The van der Waals surface area contributed by atoms with Crippen molar-refractivity contribution in [2.45, 2.75) is 31.1 Å². The van der Waals surface area contributed by atoms with E-state index in [1.54, 1.807) is 12.1 Å². The summed E-state index contributed by atoms with van der Waals surface area (Å²) in [5.41, 5.74) is 1.31. The minimum Gasteiger partial charge on any atom is -0.493 e. The van der Waals surface area contributed by atoms with Gasteiger partial charge in [-0.3, -0.25) is 4.79 Å². The molecule has 0 radical (unpaired) electrons. The van der Waals surface area contributed by atoms with E-state index in [0.29, 0.717) is 10.8 Å². The van der Waals surface area contributed by atoms with Crippen molar-refractivity contribution >= 4 is 33.2 Å². The largest absolute Gasteiger partial charge is 0.493 e. The lowest BCUT2D eigenvalue weighted by molar-refractivity contribution is 0.100. The number of ether oxygens (including phenoxy) is 3. The maximum absolute atomic E-state index is 13.8. The van der Waals surface area contributed by atoms with Gasteiger partial charge in [-0.1, -0.05) is 37.1 Å². The second-order valence-corrected chi connectivity index (χ2v) is 9.94. The van der Waals surface area contributed by atoms with Crippen molar-refractivity contribution < 1.29 is 27.4 Å². The van der Waals surface area contributed by atoms with Crippen LogP contribution in [0.4, 0.5) is 5.69 Å². The summed E-state index contributed by atoms with van der Waals surface area (Å²) < 4.78 is 44.3. The summed E-state index contributed by atoms with van der Waals surface area (Å²) >= 11 is 5.96. The number of anilines is 1. The van der Waals surface area contributed by atoms with Gasteiger partial charge in [-0.25, -0.2) is 8.42 Å². The summed E-state index contributed by atoms with van der Waals surface area (Å²) in [5.74, 6) is -0.0256. The molecule has 35 heavy (non-hydrogen) atoms. The second-order valence-electron chi connectivity index (χ2n) is 7.71. The number of carbonyl (C=O) groups is 1. The second kappa shape index (κ2) is 11.5. The van der Waals surface area contributed by atoms with Gasteiger partial charge in [0.1, 0.15) is 0 Å². The molecule has 0 N–H and O–H groups in total. The maximum atomic E-state index is 13.8. The van der Waals surface area contributed by atoms with E-state index in [1.165, 1.54) is 57.7 Å². The number of hydrogen-bond acceptors (Lipinski definition) is 6. The van der Waals surface area contributed by atoms with Crippen LogP contribution in [0.25, 0.3) is 0 Å². The molecule has 0 saturated heterocycles. The molecule has 0 aliphatic rings. The first-order chi connectivity index (χ1) is 16.8. The summed E-state index contributed by atoms with van der Waals surface area (Å²) in [7, 11) is -0.00802. The average molecular weight is 518 g/mol. The fraction of sp³-hybridized carbons (Fsp3) is 0.269. The quantitative estimate of drug-likeness (QED) is 0.341. The molecule has 3 aromatic rings. The summed E-state index contributed by atoms with van der Waals surface area (Å²) in [5, 5.41) is 0.381. The molecule has 186 valence electrons. The number of sulfonamides is 1. The lowest BCUT2D eigenvalue weighted by Gasteiger charge is -2.24. The van der Waals surface area contributed by atoms with Crippen molar-refractivity contribution in [3.05, 3.63) is 76.8 Å². The number of nitrogens with zero attached hydrogens (tertiary/aromatic N) is 1. The van der Waals surface area contributed by atoms with E-state index >= 15 is 0 Å². The van der Waals surface area contributed by atoms with Crippen molar-refractivity contribution in [1.82, 2.24) is 0 Å². The van der Waals surface area contributed by atoms with Crippen molar-refractivity contribution in [1.29, 1.82) is 0 Å². The molecule has 0 fully saturated rings. The van der Waals surface area contributed by atoms with E-state index < -0.39 is 15.9 Å². The lowest BCUT2D eigenvalue weighted by Crippen LogP contribution is -2.37. The molecule has 0 spiro atoms. The van der Waals surface area contributed by atoms with Crippen molar-refractivity contribution in [3.63, 3.8) is 0 Å². The van der Waals surface area contributed by atoms with E-state index in [-0.39, 0.29) is 27.6 Å². The Kier molecular flexibility index (Phi) is 8.64. The van der Waals surface area contributed by atoms with Crippen LogP contribution in [0.5, 0.6) is 17.2 Å². The van der Waals surface area contributed by atoms with Gasteiger partial charge in [0, 0.05) is 10.6 Å². The molecule has 3 aromatic carbocycles. The zero-order valence-electron chi connectivity index (χ0n) is 20.1. The Morgan fingerprint density at radius 1 is 0.886 bits per heavy atom. The number of halogens is 1. The summed E-state index contributed by atoms with van der Waals surface area (Å²) in [6.45, 7) is 2.10. The Bertz CT molecular complexity index is 1250. The summed E-state index contributed by atoms with van der Waals surface area (Å²) in [4.78, 5) is 13.7. The van der Waals surface area contributed by atoms with E-state index in [0.717, 1.165) is 29.1 Å². The predicted molar refractivity (Wildman–Crippen MR) is 137 cm³/mol. The van der Waals surface area contributed by atoms with Crippen LogP contribution in [0.15, 0.2) is 65.6 Å². The van der Waals surface area contributed by atoms with Crippen LogP contribution < -0.4 is 18.5 Å². The van der Waals surface area contributed by atoms with Gasteiger partial charge in [-0.2, -0.15) is 4.31 Å². The minimum absolute atomic E-state index is 0.0482. The first-order valence-electron chi connectivity index (χ1n) is 11.0. The molecule has 0 atom stereocenters. The molecular weight excluding hydrogens is 490 g/mol. The topological polar surface area (TPSA) is 82.1 Å². The summed E-state index contributed by atoms with van der Waals surface area (Å²) in [6, 6.07) is 15.4. The zero-order valence-corrected chi connectivity index (χ0v) is 21.7. The van der Waals surface area contributed by atoms with Gasteiger partial charge in [-0.05, 0) is 66.9 Å². The minimum atomic E-state index is -4.29. The van der Waals surface area contributed by atoms with Crippen LogP contribution in [0, 0.1) is 0 Å². The Hall–Kier alpha value is -3.23. The normalized spacial score (nSPS) is 11.1. The van der Waals surface area contributed by atoms with Crippen LogP contribution >= 0.6 is 11.6 Å². The average Bonchev–Trinajstić information content (AvgIpc) is 2.87. The van der Waals surface area contributed by atoms with Gasteiger partial charge in [-0.15, -0.1) is 0 Å². The third-order valence-electron chi connectivity index (χ3n) is 5.44. The molecule has 0 bridgehead atoms. The molecule has 0 unspecified atom stereocenters. The first kappa shape index (κ1) is 26.4. The number of carbonyl (C=O) groups excluding carboxylic acids is 1. The van der Waals surface area contributed by atoms with Crippen LogP contribution in [0.1, 0.15) is 35.7 Å². The van der Waals surface area contributed by atoms with Crippen LogP contribution in [0.3, 0.4) is 0 Å².